The van der Waals surface area contributed by atoms with E-state index in [1.807, 2.05) is 6.07 Å². The van der Waals surface area contributed by atoms with Gasteiger partial charge in [0, 0.05) is 35.9 Å². The zero-order chi connectivity index (χ0) is 17.4. The fourth-order valence-electron chi connectivity index (χ4n) is 3.10. The Bertz CT molecular complexity index is 900. The van der Waals surface area contributed by atoms with Gasteiger partial charge in [-0.1, -0.05) is 6.07 Å². The highest BCUT2D eigenvalue weighted by Gasteiger charge is 2.36. The molecule has 0 atom stereocenters. The first kappa shape index (κ1) is 15.9. The van der Waals surface area contributed by atoms with E-state index in [0.717, 1.165) is 29.7 Å². The summed E-state index contributed by atoms with van der Waals surface area (Å²) in [6, 6.07) is 7.00. The number of pyridine rings is 1. The van der Waals surface area contributed by atoms with Crippen LogP contribution in [0, 0.1) is 0 Å². The van der Waals surface area contributed by atoms with E-state index in [-0.39, 0.29) is 5.56 Å². The van der Waals surface area contributed by atoms with Crippen LogP contribution in [-0.2, 0) is 10.9 Å². The molecule has 3 heterocycles. The van der Waals surface area contributed by atoms with Crippen LogP contribution in [0.25, 0.3) is 22.0 Å². The minimum atomic E-state index is -4.48. The number of nitrogens with one attached hydrogen (secondary N) is 1. The molecule has 0 amide bonds. The number of fused-ring (bicyclic) bond motifs is 1. The van der Waals surface area contributed by atoms with Crippen LogP contribution in [-0.4, -0.2) is 41.5 Å². The Hall–Kier alpha value is -2.61. The molecule has 0 radical (unpaired) electrons. The molecule has 1 aliphatic heterocycles. The van der Waals surface area contributed by atoms with Gasteiger partial charge in [-0.2, -0.15) is 18.3 Å². The molecular weight excluding hydrogens is 333 g/mol. The van der Waals surface area contributed by atoms with E-state index in [1.165, 1.54) is 6.20 Å². The molecule has 0 aliphatic carbocycles. The number of benzene rings is 1. The summed E-state index contributed by atoms with van der Waals surface area (Å²) >= 11 is 0. The van der Waals surface area contributed by atoms with Crippen molar-refractivity contribution in [3.8, 4) is 11.1 Å². The number of ether oxygens (including phenoxy) is 1. The lowest BCUT2D eigenvalue weighted by molar-refractivity contribution is -0.140. The Morgan fingerprint density at radius 1 is 1.12 bits per heavy atom. The summed E-state index contributed by atoms with van der Waals surface area (Å²) in [5.74, 6) is 0. The van der Waals surface area contributed by atoms with Crippen LogP contribution in [0.5, 0.6) is 0 Å². The zero-order valence-electron chi connectivity index (χ0n) is 13.2. The number of aromatic amines is 1. The number of morpholine rings is 1. The number of hydrogen-bond acceptors (Lipinski definition) is 4. The molecule has 130 valence electrons. The van der Waals surface area contributed by atoms with Crippen molar-refractivity contribution in [1.29, 1.82) is 0 Å². The number of aromatic nitrogens is 3. The van der Waals surface area contributed by atoms with Crippen LogP contribution in [0.2, 0.25) is 0 Å². The van der Waals surface area contributed by atoms with Gasteiger partial charge in [-0.15, -0.1) is 0 Å². The van der Waals surface area contributed by atoms with Crippen LogP contribution >= 0.6 is 0 Å². The topological polar surface area (TPSA) is 54.0 Å². The van der Waals surface area contributed by atoms with Crippen molar-refractivity contribution < 1.29 is 17.9 Å². The lowest BCUT2D eigenvalue weighted by Gasteiger charge is -2.29. The number of halogens is 3. The molecule has 1 aliphatic rings. The summed E-state index contributed by atoms with van der Waals surface area (Å²) in [7, 11) is 0. The van der Waals surface area contributed by atoms with E-state index in [1.54, 1.807) is 24.4 Å². The first-order valence-electron chi connectivity index (χ1n) is 7.86. The van der Waals surface area contributed by atoms with Crippen molar-refractivity contribution in [2.24, 2.45) is 0 Å². The van der Waals surface area contributed by atoms with Gasteiger partial charge < -0.3 is 9.64 Å². The van der Waals surface area contributed by atoms with Crippen molar-refractivity contribution >= 4 is 16.6 Å². The summed E-state index contributed by atoms with van der Waals surface area (Å²) in [6.45, 7) is 2.73. The highest BCUT2D eigenvalue weighted by atomic mass is 19.4. The molecule has 0 spiro atoms. The number of H-pyrrole nitrogens is 1. The quantitative estimate of drug-likeness (QED) is 0.770. The van der Waals surface area contributed by atoms with E-state index >= 15 is 0 Å². The van der Waals surface area contributed by atoms with Gasteiger partial charge in [0.05, 0.1) is 24.9 Å². The molecule has 8 heteroatoms. The molecule has 1 fully saturated rings. The van der Waals surface area contributed by atoms with Crippen molar-refractivity contribution in [2.45, 2.75) is 6.18 Å². The number of anilines is 1. The maximum Gasteiger partial charge on any atom is 0.433 e. The fraction of sp³-hybridized carbons (Fsp3) is 0.294. The predicted octanol–water partition coefficient (Wildman–Crippen LogP) is 3.48. The Labute approximate surface area is 141 Å². The van der Waals surface area contributed by atoms with Crippen molar-refractivity contribution in [3.63, 3.8) is 0 Å². The van der Waals surface area contributed by atoms with Crippen LogP contribution in [0.1, 0.15) is 5.69 Å². The summed E-state index contributed by atoms with van der Waals surface area (Å²) in [5.41, 5.74) is 1.34. The van der Waals surface area contributed by atoms with Gasteiger partial charge in [-0.3, -0.25) is 10.1 Å². The fourth-order valence-corrected chi connectivity index (χ4v) is 3.10. The maximum atomic E-state index is 13.1. The number of rotatable bonds is 2. The van der Waals surface area contributed by atoms with E-state index < -0.39 is 11.9 Å². The Morgan fingerprint density at radius 2 is 1.92 bits per heavy atom. The third kappa shape index (κ3) is 2.93. The molecule has 25 heavy (non-hydrogen) atoms. The molecule has 0 unspecified atom stereocenters. The highest BCUT2D eigenvalue weighted by molar-refractivity contribution is 5.94. The normalized spacial score (nSPS) is 15.7. The summed E-state index contributed by atoms with van der Waals surface area (Å²) < 4.78 is 44.8. The lowest BCUT2D eigenvalue weighted by atomic mass is 10.0. The van der Waals surface area contributed by atoms with Crippen LogP contribution in [0.15, 0.2) is 36.7 Å². The molecule has 1 saturated heterocycles. The molecule has 1 aromatic carbocycles. The van der Waals surface area contributed by atoms with Crippen molar-refractivity contribution in [2.75, 3.05) is 31.2 Å². The first-order valence-corrected chi connectivity index (χ1v) is 7.86. The maximum absolute atomic E-state index is 13.1. The standard InChI is InChI=1S/C17H15F3N4O/c18-17(19,20)16-13(10-22-23-16)11-1-2-14-12(9-11)15(3-4-21-14)24-5-7-25-8-6-24/h1-4,9-10H,5-8H2,(H,22,23). The second-order valence-electron chi connectivity index (χ2n) is 5.82. The molecular formula is C17H15F3N4O. The number of nitrogens with zero attached hydrogens (tertiary/aromatic N) is 3. The third-order valence-electron chi connectivity index (χ3n) is 4.30. The molecule has 0 saturated carbocycles. The Kier molecular flexibility index (Phi) is 3.84. The number of alkyl halides is 3. The second-order valence-corrected chi connectivity index (χ2v) is 5.82. The van der Waals surface area contributed by atoms with Gasteiger partial charge in [-0.05, 0) is 23.8 Å². The van der Waals surface area contributed by atoms with E-state index in [2.05, 4.69) is 20.1 Å². The first-order chi connectivity index (χ1) is 12.0. The van der Waals surface area contributed by atoms with E-state index in [0.29, 0.717) is 18.8 Å². The Balaban J connectivity index is 1.84. The SMILES string of the molecule is FC(F)(F)c1[nH]ncc1-c1ccc2nccc(N3CCOCC3)c2c1. The molecule has 2 aromatic heterocycles. The third-order valence-corrected chi connectivity index (χ3v) is 4.30. The average molecular weight is 348 g/mol. The average Bonchev–Trinajstić information content (AvgIpc) is 3.12. The second kappa shape index (κ2) is 6.03. The van der Waals surface area contributed by atoms with Crippen molar-refractivity contribution in [3.05, 3.63) is 42.4 Å². The minimum absolute atomic E-state index is 0.0335. The zero-order valence-corrected chi connectivity index (χ0v) is 13.2. The van der Waals surface area contributed by atoms with Crippen LogP contribution in [0.3, 0.4) is 0 Å². The minimum Gasteiger partial charge on any atom is -0.378 e. The van der Waals surface area contributed by atoms with E-state index in [4.69, 9.17) is 4.74 Å². The largest absolute Gasteiger partial charge is 0.433 e. The smallest absolute Gasteiger partial charge is 0.378 e. The van der Waals surface area contributed by atoms with Gasteiger partial charge in [0.25, 0.3) is 0 Å². The monoisotopic (exact) mass is 348 g/mol. The van der Waals surface area contributed by atoms with Gasteiger partial charge in [0.2, 0.25) is 0 Å². The van der Waals surface area contributed by atoms with Crippen LogP contribution < -0.4 is 4.90 Å². The molecule has 4 rings (SSSR count). The van der Waals surface area contributed by atoms with Gasteiger partial charge in [-0.25, -0.2) is 0 Å². The van der Waals surface area contributed by atoms with Gasteiger partial charge >= 0.3 is 6.18 Å². The van der Waals surface area contributed by atoms with Crippen molar-refractivity contribution in [1.82, 2.24) is 15.2 Å². The molecule has 5 nitrogen and oxygen atoms in total. The van der Waals surface area contributed by atoms with Gasteiger partial charge in [0.1, 0.15) is 5.69 Å². The predicted molar refractivity (Wildman–Crippen MR) is 87.4 cm³/mol. The summed E-state index contributed by atoms with van der Waals surface area (Å²) in [6.07, 6.45) is -1.57. The summed E-state index contributed by atoms with van der Waals surface area (Å²) in [4.78, 5) is 6.49. The summed E-state index contributed by atoms with van der Waals surface area (Å²) in [5, 5.41) is 6.44. The number of hydrogen-bond donors (Lipinski definition) is 1. The highest BCUT2D eigenvalue weighted by Crippen LogP contribution is 2.37. The molecule has 1 N–H and O–H groups in total. The molecule has 0 bridgehead atoms. The Morgan fingerprint density at radius 3 is 2.68 bits per heavy atom. The van der Waals surface area contributed by atoms with Gasteiger partial charge in [0.15, 0.2) is 0 Å². The lowest BCUT2D eigenvalue weighted by Crippen LogP contribution is -2.36. The van der Waals surface area contributed by atoms with Crippen LogP contribution in [0.4, 0.5) is 18.9 Å². The molecule has 3 aromatic rings. The van der Waals surface area contributed by atoms with E-state index in [9.17, 15) is 13.2 Å².